The first-order valence-electron chi connectivity index (χ1n) is 8.05. The lowest BCUT2D eigenvalue weighted by Gasteiger charge is -2.16. The molecule has 0 saturated carbocycles. The molecule has 1 aromatic carbocycles. The predicted molar refractivity (Wildman–Crippen MR) is 95.4 cm³/mol. The van der Waals surface area contributed by atoms with Crippen molar-refractivity contribution >= 4 is 28.9 Å². The fourth-order valence-corrected chi connectivity index (χ4v) is 3.08. The largest absolute Gasteiger partial charge is 0.462 e. The Morgan fingerprint density at radius 1 is 1.17 bits per heavy atom. The number of carbonyl (C=O) groups excluding carboxylic acids is 2. The highest BCUT2D eigenvalue weighted by Gasteiger charge is 2.14. The van der Waals surface area contributed by atoms with Crippen molar-refractivity contribution in [1.82, 2.24) is 0 Å². The van der Waals surface area contributed by atoms with Gasteiger partial charge in [0.25, 0.3) is 5.91 Å². The zero-order valence-electron chi connectivity index (χ0n) is 14.0. The van der Waals surface area contributed by atoms with Crippen molar-refractivity contribution < 1.29 is 19.2 Å². The van der Waals surface area contributed by atoms with E-state index in [-0.39, 0.29) is 11.9 Å². The van der Waals surface area contributed by atoms with E-state index < -0.39 is 0 Å². The molecular formula is C18H23N2O3S+. The average Bonchev–Trinajstić information content (AvgIpc) is 3.08. The number of esters is 1. The maximum Gasteiger partial charge on any atom is 0.338 e. The Kier molecular flexibility index (Phi) is 6.96. The van der Waals surface area contributed by atoms with Crippen molar-refractivity contribution in [2.75, 3.05) is 25.0 Å². The summed E-state index contributed by atoms with van der Waals surface area (Å²) in [6.07, 6.45) is 0. The number of amides is 1. The molecule has 2 aromatic rings. The third-order valence-electron chi connectivity index (χ3n) is 3.59. The maximum absolute atomic E-state index is 12.2. The van der Waals surface area contributed by atoms with Crippen LogP contribution < -0.4 is 10.2 Å². The summed E-state index contributed by atoms with van der Waals surface area (Å²) in [5, 5.41) is 4.93. The zero-order valence-corrected chi connectivity index (χ0v) is 14.8. The summed E-state index contributed by atoms with van der Waals surface area (Å²) in [6, 6.07) is 10.9. The standard InChI is InChI=1S/C18H22N2O3S/c1-3-20(12-16-6-5-11-24-16)13-17(21)19-15-9-7-14(8-10-15)18(22)23-4-2/h5-11H,3-4,12-13H2,1-2H3,(H,19,21)/p+1. The summed E-state index contributed by atoms with van der Waals surface area (Å²) in [6.45, 7) is 6.33. The van der Waals surface area contributed by atoms with Gasteiger partial charge in [-0.05, 0) is 49.6 Å². The zero-order chi connectivity index (χ0) is 17.4. The van der Waals surface area contributed by atoms with Gasteiger partial charge in [-0.25, -0.2) is 4.79 Å². The number of likely N-dealkylation sites (N-methyl/N-ethyl adjacent to an activating group) is 1. The molecule has 5 nitrogen and oxygen atoms in total. The molecule has 2 N–H and O–H groups in total. The quantitative estimate of drug-likeness (QED) is 0.718. The molecule has 2 rings (SSSR count). The van der Waals surface area contributed by atoms with Crippen LogP contribution in [0, 0.1) is 0 Å². The highest BCUT2D eigenvalue weighted by molar-refractivity contribution is 7.09. The first-order valence-corrected chi connectivity index (χ1v) is 8.93. The number of benzene rings is 1. The van der Waals surface area contributed by atoms with Crippen LogP contribution in [0.15, 0.2) is 41.8 Å². The van der Waals surface area contributed by atoms with Crippen LogP contribution in [-0.2, 0) is 16.1 Å². The van der Waals surface area contributed by atoms with E-state index in [4.69, 9.17) is 4.74 Å². The van der Waals surface area contributed by atoms with Crippen LogP contribution in [0.5, 0.6) is 0 Å². The van der Waals surface area contributed by atoms with Gasteiger partial charge in [0, 0.05) is 5.69 Å². The third kappa shape index (κ3) is 5.47. The Hall–Kier alpha value is -2.18. The summed E-state index contributed by atoms with van der Waals surface area (Å²) in [5.74, 6) is -0.389. The number of ether oxygens (including phenoxy) is 1. The number of rotatable bonds is 8. The van der Waals surface area contributed by atoms with Gasteiger partial charge in [0.2, 0.25) is 0 Å². The molecule has 1 atom stereocenters. The van der Waals surface area contributed by atoms with Gasteiger partial charge in [0.15, 0.2) is 6.54 Å². The summed E-state index contributed by atoms with van der Waals surface area (Å²) < 4.78 is 4.94. The lowest BCUT2D eigenvalue weighted by Crippen LogP contribution is -3.11. The number of carbonyl (C=O) groups is 2. The fraction of sp³-hybridized carbons (Fsp3) is 0.333. The van der Waals surface area contributed by atoms with Crippen LogP contribution in [0.1, 0.15) is 29.1 Å². The van der Waals surface area contributed by atoms with Crippen molar-refractivity contribution in [2.24, 2.45) is 0 Å². The Morgan fingerprint density at radius 3 is 2.50 bits per heavy atom. The van der Waals surface area contributed by atoms with Crippen LogP contribution in [0.4, 0.5) is 5.69 Å². The second kappa shape index (κ2) is 9.20. The fourth-order valence-electron chi connectivity index (χ4n) is 2.31. The van der Waals surface area contributed by atoms with Crippen molar-refractivity contribution in [3.63, 3.8) is 0 Å². The minimum Gasteiger partial charge on any atom is -0.462 e. The second-order valence-electron chi connectivity index (χ2n) is 5.38. The van der Waals surface area contributed by atoms with E-state index in [1.807, 2.05) is 11.4 Å². The molecule has 1 unspecified atom stereocenters. The molecule has 0 spiro atoms. The van der Waals surface area contributed by atoms with Crippen LogP contribution in [0.2, 0.25) is 0 Å². The van der Waals surface area contributed by atoms with E-state index in [0.29, 0.717) is 24.4 Å². The molecule has 0 radical (unpaired) electrons. The molecule has 0 saturated heterocycles. The first kappa shape index (κ1) is 18.2. The maximum atomic E-state index is 12.2. The normalized spacial score (nSPS) is 11.8. The molecule has 24 heavy (non-hydrogen) atoms. The molecule has 0 fully saturated rings. The Bertz CT molecular complexity index is 653. The van der Waals surface area contributed by atoms with E-state index in [2.05, 4.69) is 18.3 Å². The van der Waals surface area contributed by atoms with Gasteiger partial charge in [-0.15, -0.1) is 11.3 Å². The van der Waals surface area contributed by atoms with E-state index in [1.165, 1.54) is 9.78 Å². The average molecular weight is 347 g/mol. The Balaban J connectivity index is 1.87. The SMILES string of the molecule is CCOC(=O)c1ccc(NC(=O)C[NH+](CC)Cc2cccs2)cc1. The van der Waals surface area contributed by atoms with Gasteiger partial charge < -0.3 is 15.0 Å². The van der Waals surface area contributed by atoms with E-state index in [0.717, 1.165) is 13.1 Å². The van der Waals surface area contributed by atoms with E-state index in [9.17, 15) is 9.59 Å². The monoisotopic (exact) mass is 347 g/mol. The smallest absolute Gasteiger partial charge is 0.338 e. The molecule has 1 heterocycles. The lowest BCUT2D eigenvalue weighted by molar-refractivity contribution is -0.903. The van der Waals surface area contributed by atoms with Crippen LogP contribution in [0.25, 0.3) is 0 Å². The summed E-state index contributed by atoms with van der Waals surface area (Å²) in [5.41, 5.74) is 1.16. The number of hydrogen-bond donors (Lipinski definition) is 2. The molecule has 6 heteroatoms. The van der Waals surface area contributed by atoms with Gasteiger partial charge in [-0.3, -0.25) is 4.79 Å². The van der Waals surface area contributed by atoms with Crippen molar-refractivity contribution in [1.29, 1.82) is 0 Å². The first-order chi connectivity index (χ1) is 11.6. The molecular weight excluding hydrogens is 324 g/mol. The topological polar surface area (TPSA) is 59.8 Å². The molecule has 0 bridgehead atoms. The van der Waals surface area contributed by atoms with Gasteiger partial charge in [0.1, 0.15) is 6.54 Å². The van der Waals surface area contributed by atoms with Crippen molar-refractivity contribution in [3.05, 3.63) is 52.2 Å². The number of anilines is 1. The molecule has 1 aromatic heterocycles. The summed E-state index contributed by atoms with van der Waals surface area (Å²) in [4.78, 5) is 26.3. The van der Waals surface area contributed by atoms with Crippen molar-refractivity contribution in [2.45, 2.75) is 20.4 Å². The van der Waals surface area contributed by atoms with E-state index >= 15 is 0 Å². The second-order valence-corrected chi connectivity index (χ2v) is 6.41. The van der Waals surface area contributed by atoms with Crippen LogP contribution in [0.3, 0.4) is 0 Å². The number of nitrogens with one attached hydrogen (secondary N) is 2. The summed E-state index contributed by atoms with van der Waals surface area (Å²) in [7, 11) is 0. The minimum absolute atomic E-state index is 0.0349. The predicted octanol–water partition coefficient (Wildman–Crippen LogP) is 1.97. The van der Waals surface area contributed by atoms with Gasteiger partial charge in [-0.2, -0.15) is 0 Å². The molecule has 0 aliphatic carbocycles. The molecule has 1 amide bonds. The van der Waals surface area contributed by atoms with Crippen LogP contribution >= 0.6 is 11.3 Å². The lowest BCUT2D eigenvalue weighted by atomic mass is 10.2. The summed E-state index contributed by atoms with van der Waals surface area (Å²) >= 11 is 1.71. The highest BCUT2D eigenvalue weighted by Crippen LogP contribution is 2.10. The van der Waals surface area contributed by atoms with E-state index in [1.54, 1.807) is 42.5 Å². The number of hydrogen-bond acceptors (Lipinski definition) is 4. The molecule has 0 aliphatic heterocycles. The number of quaternary nitrogens is 1. The Morgan fingerprint density at radius 2 is 1.92 bits per heavy atom. The Labute approximate surface area is 146 Å². The van der Waals surface area contributed by atoms with Crippen molar-refractivity contribution in [3.8, 4) is 0 Å². The minimum atomic E-state index is -0.354. The van der Waals surface area contributed by atoms with Crippen LogP contribution in [-0.4, -0.2) is 31.6 Å². The highest BCUT2D eigenvalue weighted by atomic mass is 32.1. The number of thiophene rings is 1. The third-order valence-corrected chi connectivity index (χ3v) is 4.47. The molecule has 128 valence electrons. The van der Waals surface area contributed by atoms with Gasteiger partial charge in [-0.1, -0.05) is 6.07 Å². The molecule has 0 aliphatic rings. The van der Waals surface area contributed by atoms with Gasteiger partial charge in [0.05, 0.1) is 23.6 Å². The van der Waals surface area contributed by atoms with Gasteiger partial charge >= 0.3 is 5.97 Å².